The summed E-state index contributed by atoms with van der Waals surface area (Å²) in [6, 6.07) is 6.40. The second kappa shape index (κ2) is 5.87. The highest BCUT2D eigenvalue weighted by Crippen LogP contribution is 2.23. The highest BCUT2D eigenvalue weighted by Gasteiger charge is 2.21. The molecule has 94 valence electrons. The van der Waals surface area contributed by atoms with E-state index in [0.717, 1.165) is 17.4 Å². The Hall–Kier alpha value is -0.540. The third-order valence-electron chi connectivity index (χ3n) is 3.29. The molecule has 1 aliphatic heterocycles. The summed E-state index contributed by atoms with van der Waals surface area (Å²) in [6.45, 7) is 5.25. The van der Waals surface area contributed by atoms with Crippen LogP contribution in [0, 0.1) is 0 Å². The Bertz CT molecular complexity index is 380. The van der Waals surface area contributed by atoms with Crippen molar-refractivity contribution >= 4 is 21.6 Å². The lowest BCUT2D eigenvalue weighted by atomic mass is 10.1. The summed E-state index contributed by atoms with van der Waals surface area (Å²) in [6.07, 6.45) is 4.21. The summed E-state index contributed by atoms with van der Waals surface area (Å²) in [5.41, 5.74) is 2.59. The number of ether oxygens (including phenoxy) is 1. The summed E-state index contributed by atoms with van der Waals surface area (Å²) in [4.78, 5) is 0. The molecule has 2 atom stereocenters. The zero-order valence-electron chi connectivity index (χ0n) is 10.5. The Morgan fingerprint density at radius 2 is 2.24 bits per heavy atom. The predicted octanol–water partition coefficient (Wildman–Crippen LogP) is 3.99. The second-order valence-corrected chi connectivity index (χ2v) is 5.60. The van der Waals surface area contributed by atoms with Gasteiger partial charge in [0.25, 0.3) is 0 Å². The maximum absolute atomic E-state index is 5.81. The first-order valence-corrected chi connectivity index (χ1v) is 7.16. The Balaban J connectivity index is 1.94. The van der Waals surface area contributed by atoms with E-state index in [1.165, 1.54) is 24.1 Å². The van der Waals surface area contributed by atoms with Gasteiger partial charge in [-0.1, -0.05) is 22.9 Å². The molecule has 3 heteroatoms. The molecule has 0 amide bonds. The van der Waals surface area contributed by atoms with Crippen molar-refractivity contribution in [3.8, 4) is 0 Å². The zero-order chi connectivity index (χ0) is 12.3. The number of hydrogen-bond donors (Lipinski definition) is 1. The van der Waals surface area contributed by atoms with Crippen molar-refractivity contribution in [3.63, 3.8) is 0 Å². The van der Waals surface area contributed by atoms with Crippen LogP contribution in [0.2, 0.25) is 0 Å². The summed E-state index contributed by atoms with van der Waals surface area (Å²) in [5, 5.41) is 3.51. The lowest BCUT2D eigenvalue weighted by Gasteiger charge is -2.15. The Morgan fingerprint density at radius 1 is 1.41 bits per heavy atom. The van der Waals surface area contributed by atoms with Crippen molar-refractivity contribution in [2.45, 2.75) is 45.3 Å². The largest absolute Gasteiger partial charge is 0.382 e. The average molecular weight is 298 g/mol. The molecule has 0 radical (unpaired) electrons. The number of aryl methyl sites for hydroxylation is 1. The molecule has 0 saturated carbocycles. The minimum atomic E-state index is 0.373. The van der Waals surface area contributed by atoms with Crippen molar-refractivity contribution in [1.29, 1.82) is 0 Å². The highest BCUT2D eigenvalue weighted by molar-refractivity contribution is 9.10. The lowest BCUT2D eigenvalue weighted by molar-refractivity contribution is 0.0637. The van der Waals surface area contributed by atoms with Gasteiger partial charge < -0.3 is 10.1 Å². The standard InChI is InChI=1S/C14H20BrNO/c1-3-11-8-12(15)5-7-14(11)16-9-13-6-4-10(2)17-13/h5,7-8,10,13,16H,3-4,6,9H2,1-2H3. The number of halogens is 1. The van der Waals surface area contributed by atoms with E-state index in [-0.39, 0.29) is 0 Å². The molecular weight excluding hydrogens is 278 g/mol. The topological polar surface area (TPSA) is 21.3 Å². The van der Waals surface area contributed by atoms with Gasteiger partial charge in [-0.2, -0.15) is 0 Å². The highest BCUT2D eigenvalue weighted by atomic mass is 79.9. The molecule has 2 rings (SSSR count). The molecule has 1 aromatic carbocycles. The van der Waals surface area contributed by atoms with Crippen LogP contribution in [0.5, 0.6) is 0 Å². The third kappa shape index (κ3) is 3.46. The van der Waals surface area contributed by atoms with Crippen molar-refractivity contribution in [3.05, 3.63) is 28.2 Å². The SMILES string of the molecule is CCc1cc(Br)ccc1NCC1CCC(C)O1. The molecule has 2 unspecified atom stereocenters. The van der Waals surface area contributed by atoms with Crippen molar-refractivity contribution < 1.29 is 4.74 Å². The number of benzene rings is 1. The first-order valence-electron chi connectivity index (χ1n) is 6.36. The fourth-order valence-electron chi connectivity index (χ4n) is 2.29. The van der Waals surface area contributed by atoms with Crippen LogP contribution in [-0.4, -0.2) is 18.8 Å². The van der Waals surface area contributed by atoms with Gasteiger partial charge in [-0.05, 0) is 49.9 Å². The van der Waals surface area contributed by atoms with E-state index in [0.29, 0.717) is 12.2 Å². The Labute approximate surface area is 112 Å². The molecule has 17 heavy (non-hydrogen) atoms. The molecule has 1 N–H and O–H groups in total. The molecule has 1 aliphatic rings. The van der Waals surface area contributed by atoms with Gasteiger partial charge >= 0.3 is 0 Å². The monoisotopic (exact) mass is 297 g/mol. The van der Waals surface area contributed by atoms with Crippen LogP contribution in [0.1, 0.15) is 32.3 Å². The molecule has 1 saturated heterocycles. The predicted molar refractivity (Wildman–Crippen MR) is 75.6 cm³/mol. The van der Waals surface area contributed by atoms with Gasteiger partial charge in [0.1, 0.15) is 0 Å². The van der Waals surface area contributed by atoms with Crippen LogP contribution in [0.4, 0.5) is 5.69 Å². The third-order valence-corrected chi connectivity index (χ3v) is 3.78. The van der Waals surface area contributed by atoms with Gasteiger partial charge in [0, 0.05) is 16.7 Å². The summed E-state index contributed by atoms with van der Waals surface area (Å²) in [5.74, 6) is 0. The first-order chi connectivity index (χ1) is 8.19. The number of rotatable bonds is 4. The Morgan fingerprint density at radius 3 is 2.88 bits per heavy atom. The van der Waals surface area contributed by atoms with Gasteiger partial charge in [-0.15, -0.1) is 0 Å². The zero-order valence-corrected chi connectivity index (χ0v) is 12.1. The summed E-state index contributed by atoms with van der Waals surface area (Å²) >= 11 is 3.51. The molecule has 1 fully saturated rings. The quantitative estimate of drug-likeness (QED) is 0.907. The molecule has 0 aliphatic carbocycles. The van der Waals surface area contributed by atoms with Crippen LogP contribution < -0.4 is 5.32 Å². The molecule has 0 spiro atoms. The van der Waals surface area contributed by atoms with Gasteiger partial charge in [0.15, 0.2) is 0 Å². The minimum Gasteiger partial charge on any atom is -0.382 e. The number of anilines is 1. The van der Waals surface area contributed by atoms with E-state index in [1.807, 2.05) is 0 Å². The minimum absolute atomic E-state index is 0.373. The van der Waals surface area contributed by atoms with Gasteiger partial charge in [-0.3, -0.25) is 0 Å². The van der Waals surface area contributed by atoms with Gasteiger partial charge in [-0.25, -0.2) is 0 Å². The van der Waals surface area contributed by atoms with Gasteiger partial charge in [0.2, 0.25) is 0 Å². The molecule has 2 nitrogen and oxygen atoms in total. The van der Waals surface area contributed by atoms with E-state index in [1.54, 1.807) is 0 Å². The van der Waals surface area contributed by atoms with E-state index in [9.17, 15) is 0 Å². The fraction of sp³-hybridized carbons (Fsp3) is 0.571. The molecular formula is C14H20BrNO. The number of hydrogen-bond acceptors (Lipinski definition) is 2. The van der Waals surface area contributed by atoms with Crippen LogP contribution in [0.3, 0.4) is 0 Å². The van der Waals surface area contributed by atoms with Crippen molar-refractivity contribution in [2.75, 3.05) is 11.9 Å². The average Bonchev–Trinajstić information content (AvgIpc) is 2.73. The van der Waals surface area contributed by atoms with Crippen LogP contribution in [0.15, 0.2) is 22.7 Å². The van der Waals surface area contributed by atoms with E-state index < -0.39 is 0 Å². The van der Waals surface area contributed by atoms with E-state index in [2.05, 4.69) is 53.3 Å². The molecule has 0 bridgehead atoms. The van der Waals surface area contributed by atoms with Crippen LogP contribution in [-0.2, 0) is 11.2 Å². The normalized spacial score (nSPS) is 23.9. The maximum atomic E-state index is 5.81. The molecule has 0 aromatic heterocycles. The lowest BCUT2D eigenvalue weighted by Crippen LogP contribution is -2.20. The summed E-state index contributed by atoms with van der Waals surface area (Å²) in [7, 11) is 0. The van der Waals surface area contributed by atoms with Crippen LogP contribution >= 0.6 is 15.9 Å². The smallest absolute Gasteiger partial charge is 0.0751 e. The molecule has 1 heterocycles. The van der Waals surface area contributed by atoms with Crippen molar-refractivity contribution in [1.82, 2.24) is 0 Å². The van der Waals surface area contributed by atoms with Crippen molar-refractivity contribution in [2.24, 2.45) is 0 Å². The van der Waals surface area contributed by atoms with Crippen LogP contribution in [0.25, 0.3) is 0 Å². The van der Waals surface area contributed by atoms with E-state index >= 15 is 0 Å². The Kier molecular flexibility index (Phi) is 4.46. The number of nitrogens with one attached hydrogen (secondary N) is 1. The molecule has 1 aromatic rings. The maximum Gasteiger partial charge on any atom is 0.0751 e. The first kappa shape index (κ1) is 12.9. The fourth-order valence-corrected chi connectivity index (χ4v) is 2.69. The summed E-state index contributed by atoms with van der Waals surface area (Å²) < 4.78 is 6.95. The second-order valence-electron chi connectivity index (χ2n) is 4.68. The van der Waals surface area contributed by atoms with Gasteiger partial charge in [0.05, 0.1) is 12.2 Å². The van der Waals surface area contributed by atoms with E-state index in [4.69, 9.17) is 4.74 Å².